The third-order valence-corrected chi connectivity index (χ3v) is 6.21. The largest absolute Gasteiger partial charge is 0.497 e. The molecule has 0 aliphatic carbocycles. The SMILES string of the molecule is CCOc1cccc2c1OC(c1ccc(OC)cc1)N1N=C(c3cccs3)CC21. The van der Waals surface area contributed by atoms with Crippen molar-refractivity contribution in [2.75, 3.05) is 13.7 Å². The lowest BCUT2D eigenvalue weighted by atomic mass is 9.97. The fraction of sp³-hybridized carbons (Fsp3) is 0.261. The normalized spacial score (nSPS) is 19.8. The van der Waals surface area contributed by atoms with Gasteiger partial charge in [0.2, 0.25) is 6.23 Å². The van der Waals surface area contributed by atoms with Crippen LogP contribution in [0.1, 0.15) is 41.6 Å². The molecule has 0 radical (unpaired) electrons. The van der Waals surface area contributed by atoms with Gasteiger partial charge in [-0.15, -0.1) is 11.3 Å². The van der Waals surface area contributed by atoms with E-state index in [-0.39, 0.29) is 12.3 Å². The molecule has 0 saturated carbocycles. The number of benzene rings is 2. The number of fused-ring (bicyclic) bond motifs is 3. The third kappa shape index (κ3) is 3.13. The number of methoxy groups -OCH3 is 1. The lowest BCUT2D eigenvalue weighted by Gasteiger charge is -2.38. The molecule has 5 rings (SSSR count). The Kier molecular flexibility index (Phi) is 4.64. The molecule has 0 bridgehead atoms. The average Bonchev–Trinajstić information content (AvgIpc) is 3.44. The molecule has 0 fully saturated rings. The highest BCUT2D eigenvalue weighted by Crippen LogP contribution is 2.51. The molecule has 0 amide bonds. The van der Waals surface area contributed by atoms with E-state index in [9.17, 15) is 0 Å². The molecule has 1 aromatic heterocycles. The van der Waals surface area contributed by atoms with Crippen LogP contribution in [0.2, 0.25) is 0 Å². The Morgan fingerprint density at radius 1 is 1.14 bits per heavy atom. The molecule has 6 heteroatoms. The van der Waals surface area contributed by atoms with Gasteiger partial charge >= 0.3 is 0 Å². The van der Waals surface area contributed by atoms with E-state index < -0.39 is 0 Å². The summed E-state index contributed by atoms with van der Waals surface area (Å²) in [6.45, 7) is 2.58. The molecule has 2 atom stereocenters. The molecule has 148 valence electrons. The molecular formula is C23H22N2O3S. The van der Waals surface area contributed by atoms with Gasteiger partial charge in [-0.25, -0.2) is 5.01 Å². The number of hydrogen-bond donors (Lipinski definition) is 0. The minimum atomic E-state index is -0.322. The Balaban J connectivity index is 1.60. The second-order valence-corrected chi connectivity index (χ2v) is 7.92. The highest BCUT2D eigenvalue weighted by Gasteiger charge is 2.42. The number of rotatable bonds is 5. The zero-order valence-electron chi connectivity index (χ0n) is 16.4. The summed E-state index contributed by atoms with van der Waals surface area (Å²) in [4.78, 5) is 1.20. The molecule has 0 N–H and O–H groups in total. The zero-order valence-corrected chi connectivity index (χ0v) is 17.2. The van der Waals surface area contributed by atoms with Crippen molar-refractivity contribution in [3.8, 4) is 17.2 Å². The highest BCUT2D eigenvalue weighted by molar-refractivity contribution is 7.12. The summed E-state index contributed by atoms with van der Waals surface area (Å²) >= 11 is 1.72. The first-order valence-electron chi connectivity index (χ1n) is 9.74. The van der Waals surface area contributed by atoms with E-state index in [0.717, 1.165) is 40.5 Å². The predicted octanol–water partition coefficient (Wildman–Crippen LogP) is 5.40. The van der Waals surface area contributed by atoms with E-state index in [2.05, 4.69) is 28.6 Å². The maximum Gasteiger partial charge on any atom is 0.214 e. The van der Waals surface area contributed by atoms with E-state index in [1.165, 1.54) is 4.88 Å². The average molecular weight is 407 g/mol. The van der Waals surface area contributed by atoms with Crippen molar-refractivity contribution in [3.05, 3.63) is 76.0 Å². The van der Waals surface area contributed by atoms with Gasteiger partial charge in [-0.1, -0.05) is 18.2 Å². The van der Waals surface area contributed by atoms with Crippen molar-refractivity contribution < 1.29 is 14.2 Å². The van der Waals surface area contributed by atoms with E-state index in [1.807, 2.05) is 43.3 Å². The monoisotopic (exact) mass is 406 g/mol. The Bertz CT molecular complexity index is 1030. The van der Waals surface area contributed by atoms with E-state index in [4.69, 9.17) is 19.3 Å². The number of thiophene rings is 1. The molecular weight excluding hydrogens is 384 g/mol. The number of para-hydroxylation sites is 1. The molecule has 0 saturated heterocycles. The lowest BCUT2D eigenvalue weighted by Crippen LogP contribution is -2.33. The summed E-state index contributed by atoms with van der Waals surface area (Å²) < 4.78 is 17.7. The number of ether oxygens (including phenoxy) is 3. The molecule has 29 heavy (non-hydrogen) atoms. The van der Waals surface area contributed by atoms with Gasteiger partial charge in [0.05, 0.1) is 30.3 Å². The van der Waals surface area contributed by atoms with Crippen LogP contribution in [0.5, 0.6) is 17.2 Å². The van der Waals surface area contributed by atoms with Crippen molar-refractivity contribution in [3.63, 3.8) is 0 Å². The second-order valence-electron chi connectivity index (χ2n) is 6.97. The minimum absolute atomic E-state index is 0.114. The zero-order chi connectivity index (χ0) is 19.8. The van der Waals surface area contributed by atoms with Crippen molar-refractivity contribution in [1.29, 1.82) is 0 Å². The standard InChI is InChI=1S/C23H22N2O3S/c1-3-27-20-7-4-6-17-19-14-18(21-8-5-13-29-21)24-25(19)23(28-22(17)20)15-9-11-16(26-2)12-10-15/h4-13,19,23H,3,14H2,1-2H3. The maximum atomic E-state index is 6.51. The quantitative estimate of drug-likeness (QED) is 0.569. The molecule has 2 aromatic carbocycles. The number of hydrazone groups is 1. The van der Waals surface area contributed by atoms with Crippen LogP contribution in [0.25, 0.3) is 0 Å². The van der Waals surface area contributed by atoms with Crippen LogP contribution in [-0.4, -0.2) is 24.4 Å². The van der Waals surface area contributed by atoms with E-state index >= 15 is 0 Å². The molecule has 3 heterocycles. The van der Waals surface area contributed by atoms with E-state index in [0.29, 0.717) is 6.61 Å². The Morgan fingerprint density at radius 3 is 2.72 bits per heavy atom. The Labute approximate surface area is 174 Å². The summed E-state index contributed by atoms with van der Waals surface area (Å²) in [7, 11) is 1.67. The first kappa shape index (κ1) is 18.1. The van der Waals surface area contributed by atoms with Gasteiger partial charge in [-0.05, 0) is 48.7 Å². The van der Waals surface area contributed by atoms with Crippen LogP contribution in [0.4, 0.5) is 0 Å². The van der Waals surface area contributed by atoms with Gasteiger partial charge in [0.1, 0.15) is 5.75 Å². The van der Waals surface area contributed by atoms with Crippen LogP contribution in [0.15, 0.2) is 65.1 Å². The van der Waals surface area contributed by atoms with Gasteiger partial charge < -0.3 is 14.2 Å². The summed E-state index contributed by atoms with van der Waals surface area (Å²) in [5.41, 5.74) is 3.25. The fourth-order valence-corrected chi connectivity index (χ4v) is 4.65. The molecule has 2 unspecified atom stereocenters. The first-order valence-corrected chi connectivity index (χ1v) is 10.6. The summed E-state index contributed by atoms with van der Waals surface area (Å²) in [6.07, 6.45) is 0.525. The number of hydrogen-bond acceptors (Lipinski definition) is 6. The van der Waals surface area contributed by atoms with Crippen LogP contribution in [-0.2, 0) is 0 Å². The molecule has 5 nitrogen and oxygen atoms in total. The second kappa shape index (κ2) is 7.44. The van der Waals surface area contributed by atoms with Gasteiger partial charge in [-0.2, -0.15) is 5.10 Å². The third-order valence-electron chi connectivity index (χ3n) is 5.29. The predicted molar refractivity (Wildman–Crippen MR) is 114 cm³/mol. The molecule has 2 aliphatic rings. The molecule has 0 spiro atoms. The summed E-state index contributed by atoms with van der Waals surface area (Å²) in [5, 5.41) is 9.17. The van der Waals surface area contributed by atoms with Gasteiger partial charge in [0, 0.05) is 17.5 Å². The van der Waals surface area contributed by atoms with Crippen LogP contribution in [0, 0.1) is 0 Å². The summed E-state index contributed by atoms with van der Waals surface area (Å²) in [6, 6.07) is 18.4. The van der Waals surface area contributed by atoms with Gasteiger partial charge in [0.15, 0.2) is 11.5 Å². The highest BCUT2D eigenvalue weighted by atomic mass is 32.1. The topological polar surface area (TPSA) is 43.3 Å². The van der Waals surface area contributed by atoms with Crippen LogP contribution in [0.3, 0.4) is 0 Å². The van der Waals surface area contributed by atoms with Crippen LogP contribution >= 0.6 is 11.3 Å². The number of nitrogens with zero attached hydrogens (tertiary/aromatic N) is 2. The van der Waals surface area contributed by atoms with Crippen molar-refractivity contribution >= 4 is 17.0 Å². The molecule has 3 aromatic rings. The molecule has 2 aliphatic heterocycles. The van der Waals surface area contributed by atoms with Gasteiger partial charge in [0.25, 0.3) is 0 Å². The van der Waals surface area contributed by atoms with Crippen LogP contribution < -0.4 is 14.2 Å². The first-order chi connectivity index (χ1) is 14.3. The lowest BCUT2D eigenvalue weighted by molar-refractivity contribution is -0.0212. The smallest absolute Gasteiger partial charge is 0.214 e. The van der Waals surface area contributed by atoms with E-state index in [1.54, 1.807) is 18.4 Å². The Morgan fingerprint density at radius 2 is 2.00 bits per heavy atom. The van der Waals surface area contributed by atoms with Crippen molar-refractivity contribution in [2.45, 2.75) is 25.6 Å². The summed E-state index contributed by atoms with van der Waals surface area (Å²) in [5.74, 6) is 2.42. The van der Waals surface area contributed by atoms with Gasteiger partial charge in [-0.3, -0.25) is 0 Å². The maximum absolute atomic E-state index is 6.51. The van der Waals surface area contributed by atoms with Crippen molar-refractivity contribution in [1.82, 2.24) is 5.01 Å². The van der Waals surface area contributed by atoms with Crippen molar-refractivity contribution in [2.24, 2.45) is 5.10 Å². The minimum Gasteiger partial charge on any atom is -0.497 e. The fourth-order valence-electron chi connectivity index (χ4n) is 3.93. The Hall–Kier alpha value is -2.99.